The fourth-order valence-corrected chi connectivity index (χ4v) is 3.05. The first kappa shape index (κ1) is 16.8. The number of amides is 1. The van der Waals surface area contributed by atoms with Gasteiger partial charge in [0.1, 0.15) is 5.58 Å². The van der Waals surface area contributed by atoms with Crippen LogP contribution in [-0.2, 0) is 0 Å². The lowest BCUT2D eigenvalue weighted by molar-refractivity contribution is 0.0631. The SMILES string of the molecule is Cc1ccc2oc(C(=O)N3CCCC(C(C)N)C3)cc2c1.Cl. The summed E-state index contributed by atoms with van der Waals surface area (Å²) in [5.74, 6) is 0.796. The highest BCUT2D eigenvalue weighted by atomic mass is 35.5. The normalized spacial score (nSPS) is 19.8. The van der Waals surface area contributed by atoms with Gasteiger partial charge < -0.3 is 15.1 Å². The molecule has 3 rings (SSSR count). The summed E-state index contributed by atoms with van der Waals surface area (Å²) in [6.45, 7) is 5.57. The zero-order chi connectivity index (χ0) is 15.0. The van der Waals surface area contributed by atoms with Crippen LogP contribution in [0.25, 0.3) is 11.0 Å². The van der Waals surface area contributed by atoms with Gasteiger partial charge in [0, 0.05) is 24.5 Å². The van der Waals surface area contributed by atoms with Crippen LogP contribution in [0.4, 0.5) is 0 Å². The molecule has 0 saturated carbocycles. The number of hydrogen-bond acceptors (Lipinski definition) is 3. The summed E-state index contributed by atoms with van der Waals surface area (Å²) in [6, 6.07) is 7.92. The van der Waals surface area contributed by atoms with Gasteiger partial charge in [0.15, 0.2) is 5.76 Å². The quantitative estimate of drug-likeness (QED) is 0.922. The zero-order valence-corrected chi connectivity index (χ0v) is 13.9. The van der Waals surface area contributed by atoms with Crippen molar-refractivity contribution in [1.82, 2.24) is 4.90 Å². The molecule has 2 atom stereocenters. The molecule has 2 N–H and O–H groups in total. The van der Waals surface area contributed by atoms with E-state index in [1.165, 1.54) is 0 Å². The molecule has 0 radical (unpaired) electrons. The van der Waals surface area contributed by atoms with Crippen LogP contribution in [0.3, 0.4) is 0 Å². The first-order valence-corrected chi connectivity index (χ1v) is 7.59. The number of carbonyl (C=O) groups excluding carboxylic acids is 1. The second kappa shape index (κ2) is 6.71. The molecule has 1 fully saturated rings. The molecule has 1 saturated heterocycles. The predicted molar refractivity (Wildman–Crippen MR) is 90.5 cm³/mol. The molecule has 1 aliphatic heterocycles. The second-order valence-electron chi connectivity index (χ2n) is 6.16. The summed E-state index contributed by atoms with van der Waals surface area (Å²) in [6.07, 6.45) is 2.11. The standard InChI is InChI=1S/C17H22N2O2.ClH/c1-11-5-6-15-14(8-11)9-16(21-15)17(20)19-7-3-4-13(10-19)12(2)18;/h5-6,8-9,12-13H,3-4,7,10,18H2,1-2H3;1H. The Kier molecular flexibility index (Phi) is 5.14. The van der Waals surface area contributed by atoms with Crippen LogP contribution in [0.2, 0.25) is 0 Å². The molecule has 0 spiro atoms. The van der Waals surface area contributed by atoms with Crippen molar-refractivity contribution in [3.63, 3.8) is 0 Å². The highest BCUT2D eigenvalue weighted by Gasteiger charge is 2.28. The number of fused-ring (bicyclic) bond motifs is 1. The Bertz CT molecular complexity index is 666. The van der Waals surface area contributed by atoms with E-state index in [4.69, 9.17) is 10.2 Å². The van der Waals surface area contributed by atoms with E-state index in [-0.39, 0.29) is 24.4 Å². The lowest BCUT2D eigenvalue weighted by Crippen LogP contribution is -2.44. The molecule has 5 heteroatoms. The van der Waals surface area contributed by atoms with Gasteiger partial charge in [0.05, 0.1) is 0 Å². The van der Waals surface area contributed by atoms with E-state index in [1.54, 1.807) is 0 Å². The third-order valence-corrected chi connectivity index (χ3v) is 4.37. The maximum Gasteiger partial charge on any atom is 0.289 e. The Morgan fingerprint density at radius 1 is 1.41 bits per heavy atom. The van der Waals surface area contributed by atoms with Crippen molar-refractivity contribution in [2.75, 3.05) is 13.1 Å². The van der Waals surface area contributed by atoms with Gasteiger partial charge in [-0.3, -0.25) is 4.79 Å². The van der Waals surface area contributed by atoms with E-state index in [9.17, 15) is 4.79 Å². The third-order valence-electron chi connectivity index (χ3n) is 4.37. The predicted octanol–water partition coefficient (Wildman–Crippen LogP) is 3.36. The molecule has 22 heavy (non-hydrogen) atoms. The highest BCUT2D eigenvalue weighted by Crippen LogP contribution is 2.24. The van der Waals surface area contributed by atoms with Crippen LogP contribution in [0, 0.1) is 12.8 Å². The molecular weight excluding hydrogens is 300 g/mol. The Morgan fingerprint density at radius 2 is 2.18 bits per heavy atom. The van der Waals surface area contributed by atoms with E-state index in [2.05, 4.69) is 0 Å². The summed E-state index contributed by atoms with van der Waals surface area (Å²) in [4.78, 5) is 14.5. The number of aryl methyl sites for hydroxylation is 1. The van der Waals surface area contributed by atoms with E-state index in [1.807, 2.05) is 43.0 Å². The molecule has 4 nitrogen and oxygen atoms in total. The number of halogens is 1. The van der Waals surface area contributed by atoms with Gasteiger partial charge in [-0.2, -0.15) is 0 Å². The number of likely N-dealkylation sites (tertiary alicyclic amines) is 1. The van der Waals surface area contributed by atoms with Gasteiger partial charge in [0.25, 0.3) is 5.91 Å². The van der Waals surface area contributed by atoms with Crippen LogP contribution >= 0.6 is 12.4 Å². The summed E-state index contributed by atoms with van der Waals surface area (Å²) >= 11 is 0. The average Bonchev–Trinajstić information content (AvgIpc) is 2.89. The molecule has 1 aromatic carbocycles. The fraction of sp³-hybridized carbons (Fsp3) is 0.471. The molecule has 1 aliphatic rings. The van der Waals surface area contributed by atoms with Gasteiger partial charge in [-0.25, -0.2) is 0 Å². The van der Waals surface area contributed by atoms with E-state index < -0.39 is 0 Å². The van der Waals surface area contributed by atoms with Crippen molar-refractivity contribution in [3.8, 4) is 0 Å². The highest BCUT2D eigenvalue weighted by molar-refractivity contribution is 5.96. The van der Waals surface area contributed by atoms with Crippen LogP contribution in [0.15, 0.2) is 28.7 Å². The number of benzene rings is 1. The zero-order valence-electron chi connectivity index (χ0n) is 13.0. The van der Waals surface area contributed by atoms with Crippen LogP contribution in [0.5, 0.6) is 0 Å². The first-order valence-electron chi connectivity index (χ1n) is 7.59. The van der Waals surface area contributed by atoms with Crippen molar-refractivity contribution in [1.29, 1.82) is 0 Å². The van der Waals surface area contributed by atoms with Crippen molar-refractivity contribution in [2.45, 2.75) is 32.7 Å². The number of furan rings is 1. The number of nitrogens with zero attached hydrogens (tertiary/aromatic N) is 1. The number of hydrogen-bond donors (Lipinski definition) is 1. The van der Waals surface area contributed by atoms with Gasteiger partial charge in [0.2, 0.25) is 0 Å². The maximum absolute atomic E-state index is 12.6. The van der Waals surface area contributed by atoms with E-state index in [0.29, 0.717) is 11.7 Å². The summed E-state index contributed by atoms with van der Waals surface area (Å²) in [5, 5.41) is 0.985. The third kappa shape index (κ3) is 3.28. The second-order valence-corrected chi connectivity index (χ2v) is 6.16. The first-order chi connectivity index (χ1) is 10.0. The van der Waals surface area contributed by atoms with Crippen molar-refractivity contribution in [3.05, 3.63) is 35.6 Å². The molecule has 120 valence electrons. The largest absolute Gasteiger partial charge is 0.451 e. The van der Waals surface area contributed by atoms with E-state index >= 15 is 0 Å². The summed E-state index contributed by atoms with van der Waals surface area (Å²) in [7, 11) is 0. The molecule has 0 aliphatic carbocycles. The molecular formula is C17H23ClN2O2. The summed E-state index contributed by atoms with van der Waals surface area (Å²) in [5.41, 5.74) is 7.92. The van der Waals surface area contributed by atoms with Crippen molar-refractivity contribution in [2.24, 2.45) is 11.7 Å². The van der Waals surface area contributed by atoms with Gasteiger partial charge in [-0.05, 0) is 50.8 Å². The minimum Gasteiger partial charge on any atom is -0.451 e. The smallest absolute Gasteiger partial charge is 0.289 e. The van der Waals surface area contributed by atoms with Gasteiger partial charge in [-0.15, -0.1) is 12.4 Å². The van der Waals surface area contributed by atoms with Crippen molar-refractivity contribution < 1.29 is 9.21 Å². The number of piperidine rings is 1. The Labute approximate surface area is 137 Å². The van der Waals surface area contributed by atoms with Crippen LogP contribution in [0.1, 0.15) is 35.9 Å². The monoisotopic (exact) mass is 322 g/mol. The molecule has 2 aromatic rings. The molecule has 1 amide bonds. The number of carbonyl (C=O) groups is 1. The number of nitrogens with two attached hydrogens (primary N) is 1. The topological polar surface area (TPSA) is 59.5 Å². The van der Waals surface area contributed by atoms with Crippen LogP contribution in [-0.4, -0.2) is 29.9 Å². The lowest BCUT2D eigenvalue weighted by Gasteiger charge is -2.34. The molecule has 2 unspecified atom stereocenters. The maximum atomic E-state index is 12.6. The average molecular weight is 323 g/mol. The molecule has 1 aromatic heterocycles. The van der Waals surface area contributed by atoms with E-state index in [0.717, 1.165) is 42.5 Å². The minimum absolute atomic E-state index is 0. The molecule has 2 heterocycles. The Balaban J connectivity index is 0.00000176. The fourth-order valence-electron chi connectivity index (χ4n) is 3.05. The van der Waals surface area contributed by atoms with Crippen LogP contribution < -0.4 is 5.73 Å². The van der Waals surface area contributed by atoms with Gasteiger partial charge >= 0.3 is 0 Å². The minimum atomic E-state index is -0.0193. The van der Waals surface area contributed by atoms with Crippen molar-refractivity contribution >= 4 is 29.3 Å². The summed E-state index contributed by atoms with van der Waals surface area (Å²) < 4.78 is 5.71. The molecule has 0 bridgehead atoms. The van der Waals surface area contributed by atoms with Gasteiger partial charge in [-0.1, -0.05) is 11.6 Å². The number of rotatable bonds is 2. The Morgan fingerprint density at radius 3 is 2.91 bits per heavy atom. The lowest BCUT2D eigenvalue weighted by atomic mass is 9.92. The Hall–Kier alpha value is -1.52.